The topological polar surface area (TPSA) is 26.3 Å². The second-order valence-electron chi connectivity index (χ2n) is 12.1. The van der Waals surface area contributed by atoms with Crippen LogP contribution < -0.4 is 0 Å². The number of hydrogen-bond donors (Lipinski definition) is 0. The highest BCUT2D eigenvalue weighted by atomic mass is 16.3. The molecule has 2 nitrogen and oxygen atoms in total. The fourth-order valence-corrected chi connectivity index (χ4v) is 6.61. The molecule has 0 fully saturated rings. The third-order valence-electron chi connectivity index (χ3n) is 8.97. The molecule has 0 aliphatic rings. The molecule has 2 heterocycles. The van der Waals surface area contributed by atoms with E-state index in [1.807, 2.05) is 72.8 Å². The first kappa shape index (κ1) is 30.7. The van der Waals surface area contributed by atoms with E-state index in [4.69, 9.17) is 8.83 Å². The summed E-state index contributed by atoms with van der Waals surface area (Å²) in [4.78, 5) is 0. The van der Waals surface area contributed by atoms with Gasteiger partial charge in [0, 0.05) is 21.7 Å². The first-order valence-electron chi connectivity index (χ1n) is 16.8. The molecule has 0 atom stereocenters. The molecule has 0 saturated heterocycles. The summed E-state index contributed by atoms with van der Waals surface area (Å²) < 4.78 is 12.6. The van der Waals surface area contributed by atoms with E-state index in [0.29, 0.717) is 0 Å². The van der Waals surface area contributed by atoms with Gasteiger partial charge in [0.05, 0.1) is 0 Å². The number of benzene rings is 5. The average molecular weight is 643 g/mol. The summed E-state index contributed by atoms with van der Waals surface area (Å²) in [7, 11) is 0. The Bertz CT molecular complexity index is 2660. The van der Waals surface area contributed by atoms with Gasteiger partial charge in [0.25, 0.3) is 0 Å². The molecule has 238 valence electrons. The number of rotatable bonds is 7. The van der Waals surface area contributed by atoms with Crippen LogP contribution in [0.5, 0.6) is 0 Å². The van der Waals surface area contributed by atoms with E-state index in [1.54, 1.807) is 0 Å². The summed E-state index contributed by atoms with van der Waals surface area (Å²) in [6.07, 6.45) is 12.2. The summed E-state index contributed by atoms with van der Waals surface area (Å²) >= 11 is 0. The van der Waals surface area contributed by atoms with Crippen LogP contribution in [0.3, 0.4) is 0 Å². The first-order valence-corrected chi connectivity index (χ1v) is 16.8. The summed E-state index contributed by atoms with van der Waals surface area (Å²) in [6, 6.07) is 54.4. The van der Waals surface area contributed by atoms with Crippen molar-refractivity contribution in [2.45, 2.75) is 0 Å². The molecule has 0 aliphatic heterocycles. The van der Waals surface area contributed by atoms with Crippen molar-refractivity contribution in [3.8, 4) is 22.3 Å². The number of para-hydroxylation sites is 2. The van der Waals surface area contributed by atoms with Crippen LogP contribution in [0.2, 0.25) is 0 Å². The fraction of sp³-hybridized carbons (Fsp3) is 0. The minimum Gasteiger partial charge on any atom is -0.456 e. The predicted octanol–water partition coefficient (Wildman–Crippen LogP) is 13.8. The minimum absolute atomic E-state index is 0.797. The van der Waals surface area contributed by atoms with Gasteiger partial charge in [0.2, 0.25) is 0 Å². The van der Waals surface area contributed by atoms with E-state index in [1.165, 1.54) is 16.5 Å². The van der Waals surface area contributed by atoms with Gasteiger partial charge in [-0.05, 0) is 68.9 Å². The van der Waals surface area contributed by atoms with Gasteiger partial charge in [-0.3, -0.25) is 0 Å². The number of furan rings is 2. The highest BCUT2D eigenvalue weighted by Crippen LogP contribution is 2.39. The Hall–Kier alpha value is -6.64. The fourth-order valence-electron chi connectivity index (χ4n) is 6.61. The zero-order valence-electron chi connectivity index (χ0n) is 27.5. The molecule has 0 saturated carbocycles. The maximum atomic E-state index is 6.36. The molecule has 0 bridgehead atoms. The van der Waals surface area contributed by atoms with Crippen molar-refractivity contribution >= 4 is 55.3 Å². The maximum Gasteiger partial charge on any atom is 0.136 e. The monoisotopic (exact) mass is 642 g/mol. The molecule has 2 heteroatoms. The lowest BCUT2D eigenvalue weighted by Crippen LogP contribution is -1.84. The molecule has 0 spiro atoms. The van der Waals surface area contributed by atoms with Crippen molar-refractivity contribution in [1.29, 1.82) is 0 Å². The Balaban J connectivity index is 1.09. The molecule has 0 N–H and O–H groups in total. The molecular weight excluding hydrogens is 609 g/mol. The normalized spacial score (nSPS) is 11.8. The third-order valence-corrected chi connectivity index (χ3v) is 8.97. The van der Waals surface area contributed by atoms with Crippen molar-refractivity contribution in [3.05, 3.63) is 206 Å². The van der Waals surface area contributed by atoms with Crippen LogP contribution in [0.15, 0.2) is 204 Å². The Morgan fingerprint density at radius 3 is 1.86 bits per heavy atom. The van der Waals surface area contributed by atoms with Crippen molar-refractivity contribution in [1.82, 2.24) is 0 Å². The van der Waals surface area contributed by atoms with Crippen molar-refractivity contribution in [2.75, 3.05) is 0 Å². The first-order chi connectivity index (χ1) is 24.7. The van der Waals surface area contributed by atoms with E-state index in [-0.39, 0.29) is 0 Å². The van der Waals surface area contributed by atoms with Gasteiger partial charge in [-0.15, -0.1) is 0 Å². The van der Waals surface area contributed by atoms with E-state index in [9.17, 15) is 0 Å². The van der Waals surface area contributed by atoms with Crippen LogP contribution in [0.25, 0.3) is 77.6 Å². The second-order valence-corrected chi connectivity index (χ2v) is 12.1. The van der Waals surface area contributed by atoms with Gasteiger partial charge in [-0.1, -0.05) is 170 Å². The zero-order valence-corrected chi connectivity index (χ0v) is 27.5. The third kappa shape index (κ3) is 6.07. The Morgan fingerprint density at radius 1 is 0.440 bits per heavy atom. The van der Waals surface area contributed by atoms with Gasteiger partial charge in [-0.2, -0.15) is 0 Å². The zero-order chi connectivity index (χ0) is 33.7. The lowest BCUT2D eigenvalue weighted by atomic mass is 9.95. The van der Waals surface area contributed by atoms with E-state index >= 15 is 0 Å². The molecule has 50 heavy (non-hydrogen) atoms. The molecule has 8 aromatic rings. The summed E-state index contributed by atoms with van der Waals surface area (Å²) in [5, 5.41) is 5.60. The van der Waals surface area contributed by atoms with Crippen molar-refractivity contribution < 1.29 is 8.83 Å². The lowest BCUT2D eigenvalue weighted by molar-refractivity contribution is 0.605. The van der Waals surface area contributed by atoms with Crippen LogP contribution in [0.4, 0.5) is 0 Å². The lowest BCUT2D eigenvalue weighted by Gasteiger charge is -2.08. The number of hydrogen-bond acceptors (Lipinski definition) is 2. The maximum absolute atomic E-state index is 6.36. The largest absolute Gasteiger partial charge is 0.456 e. The van der Waals surface area contributed by atoms with Gasteiger partial charge in [0.1, 0.15) is 22.5 Å². The Morgan fingerprint density at radius 2 is 1.04 bits per heavy atom. The van der Waals surface area contributed by atoms with Gasteiger partial charge in [-0.25, -0.2) is 0 Å². The number of fused-ring (bicyclic) bond motifs is 5. The number of allylic oxidation sites excluding steroid dienone is 6. The molecule has 0 amide bonds. The van der Waals surface area contributed by atoms with Crippen molar-refractivity contribution in [3.63, 3.8) is 0 Å². The van der Waals surface area contributed by atoms with Gasteiger partial charge in [0.15, 0.2) is 0 Å². The minimum atomic E-state index is 0.797. The molecule has 0 aliphatic carbocycles. The Kier molecular flexibility index (Phi) is 8.49. The van der Waals surface area contributed by atoms with Crippen LogP contribution in [0, 0.1) is 0 Å². The standard InChI is InChI=1S/C48H34O2/c1-34(37-22-10-3-4-11-23-38(35-20-8-6-9-21-35)40-25-14-13-24-39(37)40)19-7-2-5-12-30-46-48(43-27-16-18-29-45(43)49-46)36-31-32-42-41-26-15-17-28-44(41)50-47(42)33-36/h2-33H,1H2/b4-3?,5-2+,10-3?,11-4?,19-7-,22-10?,23-11?,30-12+,37-22?,38-23?,39-37?,40-38?. The summed E-state index contributed by atoms with van der Waals surface area (Å²) in [5.74, 6) is 0.797. The van der Waals surface area contributed by atoms with Crippen LogP contribution in [-0.4, -0.2) is 0 Å². The molecule has 6 aromatic carbocycles. The molecule has 0 unspecified atom stereocenters. The van der Waals surface area contributed by atoms with Crippen molar-refractivity contribution in [2.24, 2.45) is 0 Å². The van der Waals surface area contributed by atoms with Crippen LogP contribution in [-0.2, 0) is 0 Å². The summed E-state index contributed by atoms with van der Waals surface area (Å²) in [6.45, 7) is 4.47. The van der Waals surface area contributed by atoms with Gasteiger partial charge < -0.3 is 8.83 Å². The average Bonchev–Trinajstić information content (AvgIpc) is 3.72. The summed E-state index contributed by atoms with van der Waals surface area (Å²) in [5.41, 5.74) is 9.04. The Labute approximate surface area is 291 Å². The predicted molar refractivity (Wildman–Crippen MR) is 212 cm³/mol. The van der Waals surface area contributed by atoms with Gasteiger partial charge >= 0.3 is 0 Å². The molecular formula is C48H34O2. The molecule has 8 rings (SSSR count). The van der Waals surface area contributed by atoms with E-state index in [2.05, 4.69) is 128 Å². The smallest absolute Gasteiger partial charge is 0.136 e. The molecule has 2 aromatic heterocycles. The quantitative estimate of drug-likeness (QED) is 0.162. The highest BCUT2D eigenvalue weighted by Gasteiger charge is 2.16. The SMILES string of the molecule is C=C(\C=C/C=C/C=C/c1oc2ccccc2c1-c1ccc2c(c1)oc1ccccc12)c1ccccccc(-c2ccccc2)c2ccccc12. The van der Waals surface area contributed by atoms with E-state index < -0.39 is 0 Å². The molecule has 0 radical (unpaired) electrons. The van der Waals surface area contributed by atoms with E-state index in [0.717, 1.165) is 66.3 Å². The second kappa shape index (κ2) is 13.8. The highest BCUT2D eigenvalue weighted by molar-refractivity contribution is 6.07. The van der Waals surface area contributed by atoms with Crippen LogP contribution in [0.1, 0.15) is 11.3 Å². The van der Waals surface area contributed by atoms with Crippen LogP contribution >= 0.6 is 0 Å².